The highest BCUT2D eigenvalue weighted by molar-refractivity contribution is 5.70. The molecule has 1 aromatic carbocycles. The number of hydrogen-bond acceptors (Lipinski definition) is 4. The zero-order valence-electron chi connectivity index (χ0n) is 15.3. The van der Waals surface area contributed by atoms with E-state index in [2.05, 4.69) is 58.4 Å². The lowest BCUT2D eigenvalue weighted by Gasteiger charge is -2.12. The van der Waals surface area contributed by atoms with Crippen LogP contribution < -0.4 is 0 Å². The summed E-state index contributed by atoms with van der Waals surface area (Å²) in [4.78, 5) is 4.23. The first-order chi connectivity index (χ1) is 12.5. The Morgan fingerprint density at radius 2 is 1.73 bits per heavy atom. The molecule has 0 amide bonds. The van der Waals surface area contributed by atoms with Gasteiger partial charge in [0.2, 0.25) is 0 Å². The molecule has 0 atom stereocenters. The van der Waals surface area contributed by atoms with Crippen molar-refractivity contribution in [3.63, 3.8) is 0 Å². The Morgan fingerprint density at radius 1 is 0.885 bits per heavy atom. The van der Waals surface area contributed by atoms with E-state index in [1.54, 1.807) is 6.20 Å². The molecular formula is C20H20N6. The third kappa shape index (κ3) is 2.79. The van der Waals surface area contributed by atoms with Crippen LogP contribution in [0.4, 0.5) is 0 Å². The molecule has 0 saturated carbocycles. The second kappa shape index (κ2) is 6.22. The predicted octanol–water partition coefficient (Wildman–Crippen LogP) is 3.75. The Balaban J connectivity index is 1.81. The molecule has 130 valence electrons. The van der Waals surface area contributed by atoms with E-state index < -0.39 is 0 Å². The molecule has 0 unspecified atom stereocenters. The minimum Gasteiger partial charge on any atom is -0.287 e. The molecule has 0 bridgehead atoms. The number of imidazole rings is 1. The molecule has 0 aliphatic heterocycles. The second-order valence-corrected chi connectivity index (χ2v) is 6.48. The summed E-state index contributed by atoms with van der Waals surface area (Å²) in [7, 11) is 0. The third-order valence-corrected chi connectivity index (χ3v) is 4.39. The number of aryl methyl sites for hydroxylation is 4. The second-order valence-electron chi connectivity index (χ2n) is 6.48. The molecule has 26 heavy (non-hydrogen) atoms. The SMILES string of the molecule is Cc1ccc(-c2ccc(-n3ccnc3C)nn2)c(-n2nc(C)cc2C)c1. The van der Waals surface area contributed by atoms with Crippen LogP contribution in [0.1, 0.15) is 22.8 Å². The van der Waals surface area contributed by atoms with Gasteiger partial charge >= 0.3 is 0 Å². The summed E-state index contributed by atoms with van der Waals surface area (Å²) in [6.45, 7) is 8.08. The van der Waals surface area contributed by atoms with Crippen LogP contribution in [0.5, 0.6) is 0 Å². The van der Waals surface area contributed by atoms with Gasteiger partial charge in [-0.3, -0.25) is 4.57 Å². The number of nitrogens with zero attached hydrogens (tertiary/aromatic N) is 6. The highest BCUT2D eigenvalue weighted by Crippen LogP contribution is 2.27. The van der Waals surface area contributed by atoms with Gasteiger partial charge in [0, 0.05) is 23.7 Å². The summed E-state index contributed by atoms with van der Waals surface area (Å²) in [5, 5.41) is 13.5. The van der Waals surface area contributed by atoms with Crippen molar-refractivity contribution in [1.29, 1.82) is 0 Å². The van der Waals surface area contributed by atoms with Gasteiger partial charge in [0.15, 0.2) is 5.82 Å². The van der Waals surface area contributed by atoms with Gasteiger partial charge in [0.25, 0.3) is 0 Å². The van der Waals surface area contributed by atoms with Gasteiger partial charge in [-0.15, -0.1) is 10.2 Å². The Bertz CT molecular complexity index is 1070. The molecule has 0 spiro atoms. The van der Waals surface area contributed by atoms with Crippen LogP contribution in [0.15, 0.2) is 48.8 Å². The van der Waals surface area contributed by atoms with E-state index in [1.165, 1.54) is 5.56 Å². The maximum absolute atomic E-state index is 4.63. The topological polar surface area (TPSA) is 61.4 Å². The molecule has 4 rings (SSSR count). The van der Waals surface area contributed by atoms with Crippen molar-refractivity contribution in [1.82, 2.24) is 29.5 Å². The van der Waals surface area contributed by atoms with Crippen LogP contribution in [0.25, 0.3) is 22.8 Å². The standard InChI is InChI=1S/C20H20N6/c1-13-5-6-17(19(11-13)26-15(3)12-14(2)24-26)18-7-8-20(23-22-18)25-10-9-21-16(25)4/h5-12H,1-4H3. The molecular weight excluding hydrogens is 324 g/mol. The molecule has 0 fully saturated rings. The summed E-state index contributed by atoms with van der Waals surface area (Å²) in [6.07, 6.45) is 3.64. The average Bonchev–Trinajstić information content (AvgIpc) is 3.20. The molecule has 3 heterocycles. The molecule has 0 saturated heterocycles. The minimum absolute atomic E-state index is 0.753. The zero-order valence-corrected chi connectivity index (χ0v) is 15.3. The van der Waals surface area contributed by atoms with Gasteiger partial charge in [-0.1, -0.05) is 12.1 Å². The van der Waals surface area contributed by atoms with Gasteiger partial charge in [-0.25, -0.2) is 9.67 Å². The predicted molar refractivity (Wildman–Crippen MR) is 101 cm³/mol. The molecule has 3 aromatic heterocycles. The van der Waals surface area contributed by atoms with Crippen LogP contribution in [-0.4, -0.2) is 29.5 Å². The lowest BCUT2D eigenvalue weighted by Crippen LogP contribution is -2.04. The summed E-state index contributed by atoms with van der Waals surface area (Å²) in [5.74, 6) is 1.63. The number of benzene rings is 1. The van der Waals surface area contributed by atoms with E-state index in [9.17, 15) is 0 Å². The molecule has 0 N–H and O–H groups in total. The quantitative estimate of drug-likeness (QED) is 0.568. The summed E-state index contributed by atoms with van der Waals surface area (Å²) >= 11 is 0. The van der Waals surface area contributed by atoms with Crippen molar-refractivity contribution in [3.8, 4) is 22.8 Å². The molecule has 0 aliphatic rings. The van der Waals surface area contributed by atoms with Crippen molar-refractivity contribution in [3.05, 3.63) is 71.6 Å². The van der Waals surface area contributed by atoms with E-state index >= 15 is 0 Å². The Kier molecular flexibility index (Phi) is 3.88. The lowest BCUT2D eigenvalue weighted by atomic mass is 10.1. The largest absolute Gasteiger partial charge is 0.287 e. The van der Waals surface area contributed by atoms with Crippen molar-refractivity contribution in [2.75, 3.05) is 0 Å². The van der Waals surface area contributed by atoms with E-state index in [0.29, 0.717) is 0 Å². The minimum atomic E-state index is 0.753. The highest BCUT2D eigenvalue weighted by atomic mass is 15.3. The van der Waals surface area contributed by atoms with E-state index in [1.807, 2.05) is 41.4 Å². The molecule has 0 radical (unpaired) electrons. The van der Waals surface area contributed by atoms with E-state index in [4.69, 9.17) is 0 Å². The molecule has 0 aliphatic carbocycles. The normalized spacial score (nSPS) is 11.1. The smallest absolute Gasteiger partial charge is 0.160 e. The first-order valence-corrected chi connectivity index (χ1v) is 8.51. The van der Waals surface area contributed by atoms with E-state index in [0.717, 1.165) is 40.0 Å². The Labute approximate surface area is 152 Å². The molecule has 4 aromatic rings. The highest BCUT2D eigenvalue weighted by Gasteiger charge is 2.13. The van der Waals surface area contributed by atoms with Crippen molar-refractivity contribution >= 4 is 0 Å². The number of hydrogen-bond donors (Lipinski definition) is 0. The van der Waals surface area contributed by atoms with Gasteiger partial charge < -0.3 is 0 Å². The fourth-order valence-corrected chi connectivity index (χ4v) is 3.12. The average molecular weight is 344 g/mol. The number of rotatable bonds is 3. The fraction of sp³-hybridized carbons (Fsp3) is 0.200. The first-order valence-electron chi connectivity index (χ1n) is 8.51. The van der Waals surface area contributed by atoms with Gasteiger partial charge in [0.05, 0.1) is 17.1 Å². The fourth-order valence-electron chi connectivity index (χ4n) is 3.12. The number of aromatic nitrogens is 6. The maximum atomic E-state index is 4.63. The van der Waals surface area contributed by atoms with Gasteiger partial charge in [-0.2, -0.15) is 5.10 Å². The summed E-state index contributed by atoms with van der Waals surface area (Å²) in [6, 6.07) is 12.3. The van der Waals surface area contributed by atoms with Crippen LogP contribution in [0.3, 0.4) is 0 Å². The third-order valence-electron chi connectivity index (χ3n) is 4.39. The van der Waals surface area contributed by atoms with Gasteiger partial charge in [0.1, 0.15) is 5.82 Å². The molecule has 6 heteroatoms. The van der Waals surface area contributed by atoms with Crippen LogP contribution in [0.2, 0.25) is 0 Å². The first kappa shape index (κ1) is 16.2. The van der Waals surface area contributed by atoms with Crippen LogP contribution in [0, 0.1) is 27.7 Å². The van der Waals surface area contributed by atoms with Crippen molar-refractivity contribution in [2.45, 2.75) is 27.7 Å². The van der Waals surface area contributed by atoms with Crippen molar-refractivity contribution < 1.29 is 0 Å². The lowest BCUT2D eigenvalue weighted by molar-refractivity contribution is 0.831. The summed E-state index contributed by atoms with van der Waals surface area (Å²) in [5.41, 5.74) is 6.09. The van der Waals surface area contributed by atoms with E-state index in [-0.39, 0.29) is 0 Å². The molecule has 6 nitrogen and oxygen atoms in total. The summed E-state index contributed by atoms with van der Waals surface area (Å²) < 4.78 is 3.88. The Morgan fingerprint density at radius 3 is 2.35 bits per heavy atom. The zero-order chi connectivity index (χ0) is 18.3. The van der Waals surface area contributed by atoms with Crippen LogP contribution >= 0.6 is 0 Å². The Hall–Kier alpha value is -3.28. The van der Waals surface area contributed by atoms with Crippen LogP contribution in [-0.2, 0) is 0 Å². The van der Waals surface area contributed by atoms with Crippen molar-refractivity contribution in [2.24, 2.45) is 0 Å². The van der Waals surface area contributed by atoms with Gasteiger partial charge in [-0.05, 0) is 57.5 Å². The maximum Gasteiger partial charge on any atom is 0.160 e. The monoisotopic (exact) mass is 344 g/mol.